The summed E-state index contributed by atoms with van der Waals surface area (Å²) in [5.74, 6) is 0.647. The van der Waals surface area contributed by atoms with Gasteiger partial charge in [0.2, 0.25) is 0 Å². The molecule has 1 aromatic rings. The molecular formula is C11H17ClN2O. The van der Waals surface area contributed by atoms with Crippen LogP contribution in [0, 0.1) is 0 Å². The van der Waals surface area contributed by atoms with Gasteiger partial charge in [0.05, 0.1) is 5.69 Å². The van der Waals surface area contributed by atoms with E-state index in [1.807, 2.05) is 6.92 Å². The molecule has 0 N–H and O–H groups in total. The molecule has 0 spiro atoms. The molecule has 0 saturated carbocycles. The highest BCUT2D eigenvalue weighted by molar-refractivity contribution is 6.29. The van der Waals surface area contributed by atoms with Gasteiger partial charge in [-0.15, -0.1) is 0 Å². The molecule has 1 rings (SSSR count). The summed E-state index contributed by atoms with van der Waals surface area (Å²) in [6, 6.07) is 1.80. The summed E-state index contributed by atoms with van der Waals surface area (Å²) in [4.78, 5) is 8.54. The van der Waals surface area contributed by atoms with Gasteiger partial charge in [-0.3, -0.25) is 0 Å². The Hall–Kier alpha value is -0.670. The van der Waals surface area contributed by atoms with E-state index in [1.165, 1.54) is 0 Å². The number of nitrogens with zero attached hydrogens (tertiary/aromatic N) is 2. The fourth-order valence-corrected chi connectivity index (χ4v) is 1.31. The van der Waals surface area contributed by atoms with Crippen LogP contribution in [0.5, 0.6) is 0 Å². The van der Waals surface area contributed by atoms with Crippen LogP contribution in [0.25, 0.3) is 0 Å². The maximum absolute atomic E-state index is 5.93. The summed E-state index contributed by atoms with van der Waals surface area (Å²) in [7, 11) is 0. The minimum atomic E-state index is -0.0203. The molecule has 3 nitrogen and oxygen atoms in total. The summed E-state index contributed by atoms with van der Waals surface area (Å²) in [5, 5.41) is 0.477. The van der Waals surface area contributed by atoms with Gasteiger partial charge in [0, 0.05) is 12.0 Å². The second-order valence-electron chi connectivity index (χ2n) is 4.38. The van der Waals surface area contributed by atoms with Crippen molar-refractivity contribution < 1.29 is 4.74 Å². The zero-order chi connectivity index (χ0) is 11.5. The van der Waals surface area contributed by atoms with Crippen molar-refractivity contribution >= 4 is 11.6 Å². The molecule has 0 fully saturated rings. The van der Waals surface area contributed by atoms with Gasteiger partial charge in [-0.1, -0.05) is 32.4 Å². The molecule has 84 valence electrons. The minimum Gasteiger partial charge on any atom is -0.374 e. The van der Waals surface area contributed by atoms with E-state index >= 15 is 0 Å². The van der Waals surface area contributed by atoms with Gasteiger partial charge in [0.15, 0.2) is 5.82 Å². The Kier molecular flexibility index (Phi) is 4.05. The SMILES string of the molecule is CCOCc1nc(Cl)cc(C(C)(C)C)n1. The smallest absolute Gasteiger partial charge is 0.155 e. The van der Waals surface area contributed by atoms with E-state index in [4.69, 9.17) is 16.3 Å². The third kappa shape index (κ3) is 3.76. The van der Waals surface area contributed by atoms with E-state index in [0.717, 1.165) is 5.69 Å². The van der Waals surface area contributed by atoms with E-state index in [2.05, 4.69) is 30.7 Å². The first-order valence-electron chi connectivity index (χ1n) is 5.05. The van der Waals surface area contributed by atoms with Crippen molar-refractivity contribution in [2.75, 3.05) is 6.61 Å². The topological polar surface area (TPSA) is 35.0 Å². The monoisotopic (exact) mass is 228 g/mol. The molecule has 0 unspecified atom stereocenters. The van der Waals surface area contributed by atoms with Gasteiger partial charge >= 0.3 is 0 Å². The third-order valence-electron chi connectivity index (χ3n) is 1.94. The first-order valence-corrected chi connectivity index (χ1v) is 5.43. The second kappa shape index (κ2) is 4.90. The highest BCUT2D eigenvalue weighted by atomic mass is 35.5. The minimum absolute atomic E-state index is 0.0203. The van der Waals surface area contributed by atoms with Crippen molar-refractivity contribution in [1.29, 1.82) is 0 Å². The molecule has 1 aromatic heterocycles. The van der Waals surface area contributed by atoms with Gasteiger partial charge in [0.1, 0.15) is 11.8 Å². The number of rotatable bonds is 3. The molecule has 0 aromatic carbocycles. The number of hydrogen-bond donors (Lipinski definition) is 0. The lowest BCUT2D eigenvalue weighted by molar-refractivity contribution is 0.128. The first-order chi connectivity index (χ1) is 6.93. The van der Waals surface area contributed by atoms with E-state index in [-0.39, 0.29) is 5.41 Å². The molecule has 0 aliphatic rings. The van der Waals surface area contributed by atoms with Crippen LogP contribution < -0.4 is 0 Å². The van der Waals surface area contributed by atoms with Crippen LogP contribution in [0.3, 0.4) is 0 Å². The van der Waals surface area contributed by atoms with Gasteiger partial charge in [0.25, 0.3) is 0 Å². The number of aromatic nitrogens is 2. The summed E-state index contributed by atoms with van der Waals surface area (Å²) in [6.45, 7) is 9.29. The Morgan fingerprint density at radius 3 is 2.53 bits per heavy atom. The zero-order valence-electron chi connectivity index (χ0n) is 9.67. The fraction of sp³-hybridized carbons (Fsp3) is 0.636. The van der Waals surface area contributed by atoms with Crippen LogP contribution in [-0.4, -0.2) is 16.6 Å². The zero-order valence-corrected chi connectivity index (χ0v) is 10.4. The lowest BCUT2D eigenvalue weighted by atomic mass is 9.92. The third-order valence-corrected chi connectivity index (χ3v) is 2.14. The predicted molar refractivity (Wildman–Crippen MR) is 61.1 cm³/mol. The normalized spacial score (nSPS) is 11.8. The Morgan fingerprint density at radius 2 is 2.00 bits per heavy atom. The van der Waals surface area contributed by atoms with Crippen LogP contribution in [0.4, 0.5) is 0 Å². The van der Waals surface area contributed by atoms with Crippen LogP contribution >= 0.6 is 11.6 Å². The molecule has 0 atom stereocenters. The van der Waals surface area contributed by atoms with E-state index < -0.39 is 0 Å². The first kappa shape index (κ1) is 12.4. The van der Waals surface area contributed by atoms with Crippen LogP contribution in [0.1, 0.15) is 39.2 Å². The molecule has 0 amide bonds. The largest absolute Gasteiger partial charge is 0.374 e. The fourth-order valence-electron chi connectivity index (χ4n) is 1.11. The number of halogens is 1. The van der Waals surface area contributed by atoms with Crippen molar-refractivity contribution in [1.82, 2.24) is 9.97 Å². The predicted octanol–water partition coefficient (Wildman–Crippen LogP) is 2.96. The lowest BCUT2D eigenvalue weighted by Crippen LogP contribution is -2.15. The highest BCUT2D eigenvalue weighted by Gasteiger charge is 2.17. The average Bonchev–Trinajstić information content (AvgIpc) is 2.12. The van der Waals surface area contributed by atoms with E-state index in [1.54, 1.807) is 6.07 Å². The molecule has 1 heterocycles. The van der Waals surface area contributed by atoms with Gasteiger partial charge in [-0.2, -0.15) is 0 Å². The Balaban J connectivity index is 2.95. The number of ether oxygens (including phenoxy) is 1. The van der Waals surface area contributed by atoms with Crippen molar-refractivity contribution in [2.45, 2.75) is 39.7 Å². The average molecular weight is 229 g/mol. The summed E-state index contributed by atoms with van der Waals surface area (Å²) >= 11 is 5.93. The van der Waals surface area contributed by atoms with Gasteiger partial charge in [-0.05, 0) is 13.0 Å². The van der Waals surface area contributed by atoms with Crippen LogP contribution in [0.15, 0.2) is 6.07 Å². The quantitative estimate of drug-likeness (QED) is 0.747. The highest BCUT2D eigenvalue weighted by Crippen LogP contribution is 2.22. The van der Waals surface area contributed by atoms with Gasteiger partial charge in [-0.25, -0.2) is 9.97 Å². The molecule has 0 saturated heterocycles. The lowest BCUT2D eigenvalue weighted by Gasteiger charge is -2.18. The standard InChI is InChI=1S/C11H17ClN2O/c1-5-15-7-10-13-8(11(2,3)4)6-9(12)14-10/h6H,5,7H2,1-4H3. The molecular weight excluding hydrogens is 212 g/mol. The number of hydrogen-bond acceptors (Lipinski definition) is 3. The van der Waals surface area contributed by atoms with Crippen LogP contribution in [-0.2, 0) is 16.8 Å². The van der Waals surface area contributed by atoms with E-state index in [9.17, 15) is 0 Å². The molecule has 0 aliphatic carbocycles. The van der Waals surface area contributed by atoms with Gasteiger partial charge < -0.3 is 4.74 Å². The summed E-state index contributed by atoms with van der Waals surface area (Å²) in [5.41, 5.74) is 0.922. The van der Waals surface area contributed by atoms with Crippen molar-refractivity contribution in [3.8, 4) is 0 Å². The second-order valence-corrected chi connectivity index (χ2v) is 4.77. The van der Waals surface area contributed by atoms with Crippen molar-refractivity contribution in [2.24, 2.45) is 0 Å². The maximum atomic E-state index is 5.93. The van der Waals surface area contributed by atoms with Crippen molar-refractivity contribution in [3.63, 3.8) is 0 Å². The summed E-state index contributed by atoms with van der Waals surface area (Å²) in [6.07, 6.45) is 0. The summed E-state index contributed by atoms with van der Waals surface area (Å²) < 4.78 is 5.26. The van der Waals surface area contributed by atoms with Crippen molar-refractivity contribution in [3.05, 3.63) is 22.7 Å². The molecule has 0 aliphatic heterocycles. The Labute approximate surface area is 95.8 Å². The molecule has 0 bridgehead atoms. The molecule has 4 heteroatoms. The molecule has 15 heavy (non-hydrogen) atoms. The maximum Gasteiger partial charge on any atom is 0.155 e. The molecule has 0 radical (unpaired) electrons. The van der Waals surface area contributed by atoms with E-state index in [0.29, 0.717) is 24.2 Å². The van der Waals surface area contributed by atoms with Crippen LogP contribution in [0.2, 0.25) is 5.15 Å². The Bertz CT molecular complexity index is 334. The Morgan fingerprint density at radius 1 is 1.33 bits per heavy atom.